The van der Waals surface area contributed by atoms with Gasteiger partial charge in [0, 0.05) is 16.8 Å². The minimum absolute atomic E-state index is 0.119. The second-order valence-electron chi connectivity index (χ2n) is 4.25. The topological polar surface area (TPSA) is 17.3 Å². The first-order chi connectivity index (χ1) is 9.47. The summed E-state index contributed by atoms with van der Waals surface area (Å²) in [6, 6.07) is 10.9. The molecule has 0 aliphatic rings. The summed E-state index contributed by atoms with van der Waals surface area (Å²) >= 11 is 5.84. The van der Waals surface area contributed by atoms with Gasteiger partial charge in [-0.25, -0.2) is 4.98 Å². The number of halogens is 4. The lowest BCUT2D eigenvalue weighted by Gasteiger charge is -2.09. The lowest BCUT2D eigenvalue weighted by atomic mass is 10.1. The molecule has 102 valence electrons. The zero-order valence-electron chi connectivity index (χ0n) is 10.0. The van der Waals surface area contributed by atoms with Gasteiger partial charge in [-0.05, 0) is 24.3 Å². The standard InChI is InChI=1S/C14H8ClF3N2/c15-10-5-3-4-9(8-10)12-13(14(16,17)18)20-7-2-1-6-11(20)19-12/h1-8H. The number of fused-ring (bicyclic) bond motifs is 1. The van der Waals surface area contributed by atoms with Gasteiger partial charge in [0.2, 0.25) is 0 Å². The number of aromatic nitrogens is 2. The molecule has 0 saturated carbocycles. The first kappa shape index (κ1) is 13.0. The minimum atomic E-state index is -4.50. The van der Waals surface area contributed by atoms with E-state index in [1.54, 1.807) is 24.3 Å². The molecule has 0 aliphatic heterocycles. The van der Waals surface area contributed by atoms with Crippen LogP contribution >= 0.6 is 11.6 Å². The first-order valence-electron chi connectivity index (χ1n) is 5.77. The van der Waals surface area contributed by atoms with E-state index in [4.69, 9.17) is 11.6 Å². The first-order valence-corrected chi connectivity index (χ1v) is 6.15. The zero-order valence-corrected chi connectivity index (χ0v) is 10.8. The average Bonchev–Trinajstić information content (AvgIpc) is 2.77. The molecule has 0 atom stereocenters. The van der Waals surface area contributed by atoms with Gasteiger partial charge >= 0.3 is 6.18 Å². The largest absolute Gasteiger partial charge is 0.433 e. The second-order valence-corrected chi connectivity index (χ2v) is 4.68. The Morgan fingerprint density at radius 3 is 2.55 bits per heavy atom. The van der Waals surface area contributed by atoms with Gasteiger partial charge in [0.25, 0.3) is 0 Å². The molecule has 0 N–H and O–H groups in total. The van der Waals surface area contributed by atoms with Crippen LogP contribution in [0.3, 0.4) is 0 Å². The molecular weight excluding hydrogens is 289 g/mol. The Bertz CT molecular complexity index is 777. The Labute approximate surface area is 117 Å². The maximum Gasteiger partial charge on any atom is 0.433 e. The molecule has 2 aromatic heterocycles. The Kier molecular flexibility index (Phi) is 2.94. The molecule has 3 rings (SSSR count). The molecule has 0 bridgehead atoms. The molecule has 3 aromatic rings. The summed E-state index contributed by atoms with van der Waals surface area (Å²) in [4.78, 5) is 4.07. The Morgan fingerprint density at radius 1 is 1.05 bits per heavy atom. The van der Waals surface area contributed by atoms with Crippen LogP contribution in [0.25, 0.3) is 16.9 Å². The number of benzene rings is 1. The van der Waals surface area contributed by atoms with Crippen molar-refractivity contribution in [3.8, 4) is 11.3 Å². The average molecular weight is 297 g/mol. The monoisotopic (exact) mass is 296 g/mol. The fourth-order valence-electron chi connectivity index (χ4n) is 2.10. The van der Waals surface area contributed by atoms with E-state index in [0.29, 0.717) is 10.6 Å². The number of alkyl halides is 3. The van der Waals surface area contributed by atoms with Crippen LogP contribution in [0.15, 0.2) is 48.7 Å². The molecule has 0 radical (unpaired) electrons. The maximum atomic E-state index is 13.3. The third-order valence-corrected chi connectivity index (χ3v) is 3.13. The Hall–Kier alpha value is -2.01. The van der Waals surface area contributed by atoms with Crippen molar-refractivity contribution >= 4 is 17.2 Å². The molecule has 0 saturated heterocycles. The molecule has 1 aromatic carbocycles. The van der Waals surface area contributed by atoms with E-state index < -0.39 is 11.9 Å². The van der Waals surface area contributed by atoms with Gasteiger partial charge in [0.15, 0.2) is 5.69 Å². The number of hydrogen-bond donors (Lipinski definition) is 0. The fraction of sp³-hybridized carbons (Fsp3) is 0.0714. The van der Waals surface area contributed by atoms with Gasteiger partial charge < -0.3 is 0 Å². The van der Waals surface area contributed by atoms with Crippen LogP contribution in [-0.4, -0.2) is 9.38 Å². The van der Waals surface area contributed by atoms with Crippen molar-refractivity contribution in [2.24, 2.45) is 0 Å². The number of rotatable bonds is 1. The van der Waals surface area contributed by atoms with Gasteiger partial charge in [-0.3, -0.25) is 4.40 Å². The Morgan fingerprint density at radius 2 is 1.85 bits per heavy atom. The van der Waals surface area contributed by atoms with Crippen molar-refractivity contribution in [2.45, 2.75) is 6.18 Å². The number of imidazole rings is 1. The summed E-state index contributed by atoms with van der Waals surface area (Å²) in [6.07, 6.45) is -3.16. The second kappa shape index (κ2) is 4.52. The highest BCUT2D eigenvalue weighted by molar-refractivity contribution is 6.30. The summed E-state index contributed by atoms with van der Waals surface area (Å²) in [5.74, 6) is 0. The van der Waals surface area contributed by atoms with Crippen LogP contribution in [0, 0.1) is 0 Å². The summed E-state index contributed by atoms with van der Waals surface area (Å²) < 4.78 is 41.0. The molecule has 0 spiro atoms. The third-order valence-electron chi connectivity index (χ3n) is 2.90. The highest BCUT2D eigenvalue weighted by Gasteiger charge is 2.38. The summed E-state index contributed by atoms with van der Waals surface area (Å²) in [6.45, 7) is 0. The van der Waals surface area contributed by atoms with E-state index in [-0.39, 0.29) is 11.3 Å². The van der Waals surface area contributed by atoms with Crippen LogP contribution in [0.5, 0.6) is 0 Å². The van der Waals surface area contributed by atoms with Crippen LogP contribution in [0.4, 0.5) is 13.2 Å². The molecule has 20 heavy (non-hydrogen) atoms. The zero-order chi connectivity index (χ0) is 14.3. The number of pyridine rings is 1. The fourth-order valence-corrected chi connectivity index (χ4v) is 2.29. The van der Waals surface area contributed by atoms with Crippen molar-refractivity contribution in [1.82, 2.24) is 9.38 Å². The molecule has 6 heteroatoms. The predicted molar refractivity (Wildman–Crippen MR) is 70.6 cm³/mol. The molecule has 0 aliphatic carbocycles. The predicted octanol–water partition coefficient (Wildman–Crippen LogP) is 4.67. The van der Waals surface area contributed by atoms with Gasteiger partial charge in [-0.15, -0.1) is 0 Å². The lowest BCUT2D eigenvalue weighted by molar-refractivity contribution is -0.141. The molecule has 0 amide bonds. The molecular formula is C14H8ClF3N2. The molecule has 2 nitrogen and oxygen atoms in total. The van der Waals surface area contributed by atoms with E-state index in [1.165, 1.54) is 24.4 Å². The van der Waals surface area contributed by atoms with Gasteiger partial charge in [0.05, 0.1) is 0 Å². The number of nitrogens with zero attached hydrogens (tertiary/aromatic N) is 2. The van der Waals surface area contributed by atoms with Crippen LogP contribution in [-0.2, 0) is 6.18 Å². The molecule has 0 fully saturated rings. The SMILES string of the molecule is FC(F)(F)c1c(-c2cccc(Cl)c2)nc2ccccn12. The number of hydrogen-bond acceptors (Lipinski definition) is 1. The van der Waals surface area contributed by atoms with E-state index in [9.17, 15) is 13.2 Å². The van der Waals surface area contributed by atoms with Crippen LogP contribution in [0.2, 0.25) is 5.02 Å². The van der Waals surface area contributed by atoms with Crippen molar-refractivity contribution in [3.63, 3.8) is 0 Å². The van der Waals surface area contributed by atoms with Gasteiger partial charge in [0.1, 0.15) is 11.3 Å². The Balaban J connectivity index is 2.35. The quantitative estimate of drug-likeness (QED) is 0.637. The van der Waals surface area contributed by atoms with Crippen LogP contribution < -0.4 is 0 Å². The summed E-state index contributed by atoms with van der Waals surface area (Å²) in [5.41, 5.74) is -0.329. The highest BCUT2D eigenvalue weighted by Crippen LogP contribution is 2.37. The van der Waals surface area contributed by atoms with E-state index >= 15 is 0 Å². The van der Waals surface area contributed by atoms with Crippen molar-refractivity contribution in [1.29, 1.82) is 0 Å². The summed E-state index contributed by atoms with van der Waals surface area (Å²) in [5, 5.41) is 0.368. The lowest BCUT2D eigenvalue weighted by Crippen LogP contribution is -2.10. The van der Waals surface area contributed by atoms with E-state index in [2.05, 4.69) is 4.98 Å². The molecule has 2 heterocycles. The molecule has 0 unspecified atom stereocenters. The van der Waals surface area contributed by atoms with Crippen molar-refractivity contribution in [3.05, 3.63) is 59.4 Å². The normalized spacial score (nSPS) is 12.0. The van der Waals surface area contributed by atoms with Gasteiger partial charge in [-0.2, -0.15) is 13.2 Å². The van der Waals surface area contributed by atoms with Gasteiger partial charge in [-0.1, -0.05) is 29.8 Å². The van der Waals surface area contributed by atoms with Crippen LogP contribution in [0.1, 0.15) is 5.69 Å². The van der Waals surface area contributed by atoms with Crippen molar-refractivity contribution in [2.75, 3.05) is 0 Å². The van der Waals surface area contributed by atoms with E-state index in [1.807, 2.05) is 0 Å². The van der Waals surface area contributed by atoms with Crippen molar-refractivity contribution < 1.29 is 13.2 Å². The smallest absolute Gasteiger partial charge is 0.295 e. The highest BCUT2D eigenvalue weighted by atomic mass is 35.5. The summed E-state index contributed by atoms with van der Waals surface area (Å²) in [7, 11) is 0. The van der Waals surface area contributed by atoms with E-state index in [0.717, 1.165) is 4.40 Å². The maximum absolute atomic E-state index is 13.3. The third kappa shape index (κ3) is 2.14. The minimum Gasteiger partial charge on any atom is -0.295 e.